The van der Waals surface area contributed by atoms with Gasteiger partial charge in [0, 0.05) is 18.5 Å². The SMILES string of the molecule is Cc1cccc(C(=O)N(c2ccc3ccccc3n2)N2CCCC2)c1C(F)(F)F. The Kier molecular flexibility index (Phi) is 5.00. The number of nitrogens with zero attached hydrogens (tertiary/aromatic N) is 3. The zero-order valence-corrected chi connectivity index (χ0v) is 15.9. The van der Waals surface area contributed by atoms with Crippen molar-refractivity contribution >= 4 is 22.6 Å². The highest BCUT2D eigenvalue weighted by Crippen LogP contribution is 2.36. The average molecular weight is 399 g/mol. The summed E-state index contributed by atoms with van der Waals surface area (Å²) < 4.78 is 41.2. The first-order valence-electron chi connectivity index (χ1n) is 9.48. The van der Waals surface area contributed by atoms with Gasteiger partial charge < -0.3 is 0 Å². The molecular weight excluding hydrogens is 379 g/mol. The molecule has 1 aliphatic heterocycles. The lowest BCUT2D eigenvalue weighted by atomic mass is 10.0. The monoisotopic (exact) mass is 399 g/mol. The summed E-state index contributed by atoms with van der Waals surface area (Å²) in [6, 6.07) is 15.0. The van der Waals surface area contributed by atoms with E-state index in [1.54, 1.807) is 11.1 Å². The third kappa shape index (κ3) is 3.70. The number of rotatable bonds is 3. The number of halogens is 3. The maximum Gasteiger partial charge on any atom is 0.417 e. The summed E-state index contributed by atoms with van der Waals surface area (Å²) >= 11 is 0. The molecule has 0 N–H and O–H groups in total. The fourth-order valence-corrected chi connectivity index (χ4v) is 3.79. The van der Waals surface area contributed by atoms with Crippen molar-refractivity contribution in [3.8, 4) is 0 Å². The van der Waals surface area contributed by atoms with Crippen molar-refractivity contribution in [2.24, 2.45) is 0 Å². The van der Waals surface area contributed by atoms with Crippen LogP contribution < -0.4 is 5.01 Å². The van der Waals surface area contributed by atoms with Crippen LogP contribution >= 0.6 is 0 Å². The number of anilines is 1. The maximum absolute atomic E-state index is 13.7. The van der Waals surface area contributed by atoms with Gasteiger partial charge in [-0.25, -0.2) is 15.0 Å². The van der Waals surface area contributed by atoms with Crippen molar-refractivity contribution in [3.05, 3.63) is 71.3 Å². The fraction of sp³-hybridized carbons (Fsp3) is 0.273. The average Bonchev–Trinajstić information content (AvgIpc) is 3.21. The predicted molar refractivity (Wildman–Crippen MR) is 106 cm³/mol. The molecule has 0 spiro atoms. The zero-order chi connectivity index (χ0) is 20.6. The van der Waals surface area contributed by atoms with Gasteiger partial charge in [-0.05, 0) is 49.6 Å². The van der Waals surface area contributed by atoms with E-state index >= 15 is 0 Å². The molecule has 0 atom stereocenters. The summed E-state index contributed by atoms with van der Waals surface area (Å²) in [5.74, 6) is -0.393. The van der Waals surface area contributed by atoms with Gasteiger partial charge in [-0.15, -0.1) is 0 Å². The Morgan fingerprint density at radius 1 is 1.00 bits per heavy atom. The van der Waals surface area contributed by atoms with E-state index in [4.69, 9.17) is 0 Å². The van der Waals surface area contributed by atoms with E-state index < -0.39 is 17.6 Å². The van der Waals surface area contributed by atoms with E-state index in [9.17, 15) is 18.0 Å². The number of pyridine rings is 1. The van der Waals surface area contributed by atoms with Crippen LogP contribution in [-0.2, 0) is 6.18 Å². The molecule has 150 valence electrons. The largest absolute Gasteiger partial charge is 0.417 e. The van der Waals surface area contributed by atoms with Crippen LogP contribution in [0.15, 0.2) is 54.6 Å². The molecule has 0 saturated carbocycles. The molecule has 1 aromatic heterocycles. The smallest absolute Gasteiger partial charge is 0.267 e. The Balaban J connectivity index is 1.84. The van der Waals surface area contributed by atoms with Crippen molar-refractivity contribution in [3.63, 3.8) is 0 Å². The van der Waals surface area contributed by atoms with Gasteiger partial charge in [-0.2, -0.15) is 13.2 Å². The number of fused-ring (bicyclic) bond motifs is 1. The molecule has 4 nitrogen and oxygen atoms in total. The van der Waals surface area contributed by atoms with E-state index in [1.165, 1.54) is 30.1 Å². The minimum atomic E-state index is -4.62. The Hall–Kier alpha value is -2.93. The molecule has 4 rings (SSSR count). The van der Waals surface area contributed by atoms with Crippen molar-refractivity contribution in [1.29, 1.82) is 0 Å². The summed E-state index contributed by atoms with van der Waals surface area (Å²) in [6.45, 7) is 2.55. The van der Waals surface area contributed by atoms with Crippen LogP contribution in [0.1, 0.15) is 34.3 Å². The third-order valence-electron chi connectivity index (χ3n) is 5.15. The van der Waals surface area contributed by atoms with E-state index in [-0.39, 0.29) is 11.1 Å². The molecule has 1 aliphatic rings. The molecule has 0 radical (unpaired) electrons. The number of amides is 1. The van der Waals surface area contributed by atoms with Crippen LogP contribution in [0.3, 0.4) is 0 Å². The second-order valence-electron chi connectivity index (χ2n) is 7.14. The normalized spacial score (nSPS) is 15.0. The van der Waals surface area contributed by atoms with Crippen molar-refractivity contribution in [1.82, 2.24) is 9.99 Å². The topological polar surface area (TPSA) is 36.4 Å². The lowest BCUT2D eigenvalue weighted by Gasteiger charge is -2.31. The van der Waals surface area contributed by atoms with Gasteiger partial charge in [0.25, 0.3) is 5.91 Å². The molecule has 1 fully saturated rings. The van der Waals surface area contributed by atoms with Gasteiger partial charge in [0.2, 0.25) is 0 Å². The molecule has 2 heterocycles. The van der Waals surface area contributed by atoms with Crippen LogP contribution in [0.25, 0.3) is 10.9 Å². The first-order valence-corrected chi connectivity index (χ1v) is 9.48. The van der Waals surface area contributed by atoms with Crippen LogP contribution in [0.5, 0.6) is 0 Å². The number of carbonyl (C=O) groups is 1. The van der Waals surface area contributed by atoms with Gasteiger partial charge in [-0.3, -0.25) is 4.79 Å². The number of carbonyl (C=O) groups excluding carboxylic acids is 1. The highest BCUT2D eigenvalue weighted by molar-refractivity contribution is 6.06. The molecule has 0 unspecified atom stereocenters. The summed E-state index contributed by atoms with van der Waals surface area (Å²) in [6.07, 6.45) is -2.88. The molecule has 7 heteroatoms. The van der Waals surface area contributed by atoms with Crippen molar-refractivity contribution in [2.45, 2.75) is 25.9 Å². The lowest BCUT2D eigenvalue weighted by Crippen LogP contribution is -2.46. The number of hydrogen-bond acceptors (Lipinski definition) is 3. The molecule has 0 bridgehead atoms. The molecule has 3 aromatic rings. The second kappa shape index (κ2) is 7.48. The van der Waals surface area contributed by atoms with E-state index in [2.05, 4.69) is 4.98 Å². The molecule has 2 aromatic carbocycles. The van der Waals surface area contributed by atoms with E-state index in [0.29, 0.717) is 24.4 Å². The van der Waals surface area contributed by atoms with Crippen LogP contribution in [0.2, 0.25) is 0 Å². The van der Waals surface area contributed by atoms with Gasteiger partial charge >= 0.3 is 6.18 Å². The van der Waals surface area contributed by atoms with Crippen LogP contribution in [0.4, 0.5) is 19.0 Å². The zero-order valence-electron chi connectivity index (χ0n) is 15.9. The first kappa shape index (κ1) is 19.4. The molecule has 1 saturated heterocycles. The van der Waals surface area contributed by atoms with Crippen molar-refractivity contribution in [2.75, 3.05) is 18.1 Å². The number of para-hydroxylation sites is 1. The predicted octanol–water partition coefficient (Wildman–Crippen LogP) is 5.22. The van der Waals surface area contributed by atoms with Crippen LogP contribution in [0, 0.1) is 6.92 Å². The summed E-state index contributed by atoms with van der Waals surface area (Å²) in [4.78, 5) is 18.0. The third-order valence-corrected chi connectivity index (χ3v) is 5.15. The van der Waals surface area contributed by atoms with Gasteiger partial charge in [0.1, 0.15) is 0 Å². The number of aromatic nitrogens is 1. The Labute approximate surface area is 166 Å². The Morgan fingerprint density at radius 3 is 2.45 bits per heavy atom. The first-order chi connectivity index (χ1) is 13.9. The fourth-order valence-electron chi connectivity index (χ4n) is 3.79. The lowest BCUT2D eigenvalue weighted by molar-refractivity contribution is -0.138. The Morgan fingerprint density at radius 2 is 1.72 bits per heavy atom. The molecule has 1 amide bonds. The van der Waals surface area contributed by atoms with E-state index in [1.807, 2.05) is 30.3 Å². The standard InChI is InChI=1S/C22H20F3N3O/c1-15-7-6-9-17(20(15)22(23,24)25)21(29)28(27-13-4-5-14-27)19-12-11-16-8-2-3-10-18(16)26-19/h2-3,6-12H,4-5,13-14H2,1H3. The van der Waals surface area contributed by atoms with Crippen molar-refractivity contribution < 1.29 is 18.0 Å². The highest BCUT2D eigenvalue weighted by Gasteiger charge is 2.39. The Bertz CT molecular complexity index is 1060. The second-order valence-corrected chi connectivity index (χ2v) is 7.14. The number of alkyl halides is 3. The number of hydrogen-bond donors (Lipinski definition) is 0. The summed E-state index contributed by atoms with van der Waals surface area (Å²) in [5.41, 5.74) is -0.548. The number of aryl methyl sites for hydroxylation is 1. The summed E-state index contributed by atoms with van der Waals surface area (Å²) in [5, 5.41) is 3.99. The van der Waals surface area contributed by atoms with Gasteiger partial charge in [0.05, 0.1) is 16.6 Å². The molecule has 0 aliphatic carbocycles. The maximum atomic E-state index is 13.7. The minimum absolute atomic E-state index is 0.0243. The van der Waals surface area contributed by atoms with E-state index in [0.717, 1.165) is 18.2 Å². The highest BCUT2D eigenvalue weighted by atomic mass is 19.4. The summed E-state index contributed by atoms with van der Waals surface area (Å²) in [7, 11) is 0. The molecular formula is C22H20F3N3O. The quantitative estimate of drug-likeness (QED) is 0.606. The van der Waals surface area contributed by atoms with Gasteiger partial charge in [0.15, 0.2) is 5.82 Å². The number of benzene rings is 2. The van der Waals surface area contributed by atoms with Crippen LogP contribution in [-0.4, -0.2) is 29.0 Å². The molecule has 29 heavy (non-hydrogen) atoms. The van der Waals surface area contributed by atoms with Gasteiger partial charge in [-0.1, -0.05) is 30.3 Å². The number of hydrazine groups is 1. The minimum Gasteiger partial charge on any atom is -0.267 e.